The van der Waals surface area contributed by atoms with Gasteiger partial charge in [-0.2, -0.15) is 0 Å². The Morgan fingerprint density at radius 1 is 1.28 bits per heavy atom. The second kappa shape index (κ2) is 6.59. The first-order chi connectivity index (χ1) is 8.52. The lowest BCUT2D eigenvalue weighted by Crippen LogP contribution is -2.30. The Hall–Kier alpha value is -2.10. The molecular weight excluding hydrogens is 228 g/mol. The van der Waals surface area contributed by atoms with E-state index in [1.165, 1.54) is 6.08 Å². The summed E-state index contributed by atoms with van der Waals surface area (Å²) >= 11 is 0. The van der Waals surface area contributed by atoms with Crippen LogP contribution in [0, 0.1) is 0 Å². The van der Waals surface area contributed by atoms with Crippen molar-refractivity contribution >= 4 is 17.5 Å². The third-order valence-electron chi connectivity index (χ3n) is 2.13. The van der Waals surface area contributed by atoms with Crippen LogP contribution in [-0.2, 0) is 4.79 Å². The molecule has 0 spiro atoms. The van der Waals surface area contributed by atoms with E-state index < -0.39 is 0 Å². The minimum absolute atomic E-state index is 0.0822. The molecule has 0 saturated carbocycles. The SMILES string of the molecule is CC=CC(=O)Nc1cccc(C(=O)NC(C)C)c1. The molecule has 0 aliphatic rings. The number of carbonyl (C=O) groups is 2. The summed E-state index contributed by atoms with van der Waals surface area (Å²) in [5.41, 5.74) is 1.14. The van der Waals surface area contributed by atoms with Crippen molar-refractivity contribution in [2.24, 2.45) is 0 Å². The number of allylic oxidation sites excluding steroid dienone is 1. The van der Waals surface area contributed by atoms with Crippen molar-refractivity contribution in [2.45, 2.75) is 26.8 Å². The molecular formula is C14H18N2O2. The van der Waals surface area contributed by atoms with E-state index in [9.17, 15) is 9.59 Å². The molecule has 1 rings (SSSR count). The van der Waals surface area contributed by atoms with Gasteiger partial charge in [-0.1, -0.05) is 12.1 Å². The molecule has 0 fully saturated rings. The standard InChI is InChI=1S/C14H18N2O2/c1-4-6-13(17)16-12-8-5-7-11(9-12)14(18)15-10(2)3/h4-10H,1-3H3,(H,15,18)(H,16,17). The fourth-order valence-corrected chi connectivity index (χ4v) is 1.42. The highest BCUT2D eigenvalue weighted by Crippen LogP contribution is 2.10. The highest BCUT2D eigenvalue weighted by Gasteiger charge is 2.07. The molecule has 18 heavy (non-hydrogen) atoms. The zero-order valence-electron chi connectivity index (χ0n) is 10.9. The van der Waals surface area contributed by atoms with Crippen LogP contribution in [0.4, 0.5) is 5.69 Å². The number of nitrogens with one attached hydrogen (secondary N) is 2. The number of anilines is 1. The van der Waals surface area contributed by atoms with Crippen LogP contribution in [0.2, 0.25) is 0 Å². The molecule has 1 aromatic rings. The van der Waals surface area contributed by atoms with Crippen LogP contribution in [0.5, 0.6) is 0 Å². The van der Waals surface area contributed by atoms with Crippen LogP contribution in [0.1, 0.15) is 31.1 Å². The monoisotopic (exact) mass is 246 g/mol. The van der Waals surface area contributed by atoms with Crippen LogP contribution < -0.4 is 10.6 Å². The average Bonchev–Trinajstić information content (AvgIpc) is 2.28. The molecule has 0 aromatic heterocycles. The Labute approximate surface area is 107 Å². The van der Waals surface area contributed by atoms with E-state index in [4.69, 9.17) is 0 Å². The summed E-state index contributed by atoms with van der Waals surface area (Å²) in [6.07, 6.45) is 3.09. The van der Waals surface area contributed by atoms with Crippen molar-refractivity contribution < 1.29 is 9.59 Å². The molecule has 0 saturated heterocycles. The lowest BCUT2D eigenvalue weighted by molar-refractivity contribution is -0.111. The first-order valence-electron chi connectivity index (χ1n) is 5.87. The zero-order chi connectivity index (χ0) is 13.5. The molecule has 0 bridgehead atoms. The molecule has 0 aliphatic heterocycles. The third kappa shape index (κ3) is 4.41. The summed E-state index contributed by atoms with van der Waals surface area (Å²) in [5, 5.41) is 5.48. The van der Waals surface area contributed by atoms with Crippen molar-refractivity contribution in [3.8, 4) is 0 Å². The van der Waals surface area contributed by atoms with Crippen molar-refractivity contribution in [3.63, 3.8) is 0 Å². The minimum atomic E-state index is -0.209. The van der Waals surface area contributed by atoms with Gasteiger partial charge in [0.15, 0.2) is 0 Å². The van der Waals surface area contributed by atoms with E-state index >= 15 is 0 Å². The van der Waals surface area contributed by atoms with Gasteiger partial charge in [0.25, 0.3) is 5.91 Å². The fraction of sp³-hybridized carbons (Fsp3) is 0.286. The predicted molar refractivity (Wildman–Crippen MR) is 72.5 cm³/mol. The lowest BCUT2D eigenvalue weighted by Gasteiger charge is -2.09. The first-order valence-corrected chi connectivity index (χ1v) is 5.87. The van der Waals surface area contributed by atoms with E-state index in [-0.39, 0.29) is 17.9 Å². The van der Waals surface area contributed by atoms with Gasteiger partial charge in [0.1, 0.15) is 0 Å². The summed E-state index contributed by atoms with van der Waals surface area (Å²) in [6, 6.07) is 6.93. The van der Waals surface area contributed by atoms with Gasteiger partial charge in [0.2, 0.25) is 5.91 Å². The fourth-order valence-electron chi connectivity index (χ4n) is 1.42. The van der Waals surface area contributed by atoms with Crippen LogP contribution in [-0.4, -0.2) is 17.9 Å². The largest absolute Gasteiger partial charge is 0.350 e. The second-order valence-corrected chi connectivity index (χ2v) is 4.20. The van der Waals surface area contributed by atoms with E-state index in [1.54, 1.807) is 37.3 Å². The highest BCUT2D eigenvalue weighted by molar-refractivity contribution is 6.01. The van der Waals surface area contributed by atoms with Gasteiger partial charge >= 0.3 is 0 Å². The minimum Gasteiger partial charge on any atom is -0.350 e. The number of amides is 2. The van der Waals surface area contributed by atoms with E-state index in [0.717, 1.165) is 0 Å². The van der Waals surface area contributed by atoms with Gasteiger partial charge in [-0.15, -0.1) is 0 Å². The smallest absolute Gasteiger partial charge is 0.251 e. The van der Waals surface area contributed by atoms with Crippen LogP contribution >= 0.6 is 0 Å². The number of hydrogen-bond acceptors (Lipinski definition) is 2. The molecule has 1 aromatic carbocycles. The molecule has 0 radical (unpaired) electrons. The van der Waals surface area contributed by atoms with Crippen molar-refractivity contribution in [1.29, 1.82) is 0 Å². The average molecular weight is 246 g/mol. The van der Waals surface area contributed by atoms with Gasteiger partial charge < -0.3 is 10.6 Å². The molecule has 0 unspecified atom stereocenters. The van der Waals surface area contributed by atoms with Gasteiger partial charge in [-0.05, 0) is 45.0 Å². The predicted octanol–water partition coefficient (Wildman–Crippen LogP) is 2.34. The molecule has 96 valence electrons. The Bertz CT molecular complexity index is 465. The lowest BCUT2D eigenvalue weighted by atomic mass is 10.1. The number of hydrogen-bond donors (Lipinski definition) is 2. The molecule has 4 heteroatoms. The maximum absolute atomic E-state index is 11.8. The summed E-state index contributed by atoms with van der Waals surface area (Å²) in [6.45, 7) is 5.57. The Morgan fingerprint density at radius 2 is 2.00 bits per heavy atom. The number of carbonyl (C=O) groups excluding carboxylic acids is 2. The van der Waals surface area contributed by atoms with E-state index in [1.807, 2.05) is 13.8 Å². The molecule has 2 N–H and O–H groups in total. The number of benzene rings is 1. The third-order valence-corrected chi connectivity index (χ3v) is 2.13. The Kier molecular flexibility index (Phi) is 5.11. The van der Waals surface area contributed by atoms with Crippen molar-refractivity contribution in [1.82, 2.24) is 5.32 Å². The summed E-state index contributed by atoms with van der Waals surface area (Å²) in [4.78, 5) is 23.2. The van der Waals surface area contributed by atoms with E-state index in [0.29, 0.717) is 11.3 Å². The van der Waals surface area contributed by atoms with Gasteiger partial charge in [0.05, 0.1) is 0 Å². The van der Waals surface area contributed by atoms with E-state index in [2.05, 4.69) is 10.6 Å². The summed E-state index contributed by atoms with van der Waals surface area (Å²) in [5.74, 6) is -0.356. The van der Waals surface area contributed by atoms with Gasteiger partial charge in [0, 0.05) is 17.3 Å². The summed E-state index contributed by atoms with van der Waals surface area (Å²) < 4.78 is 0. The van der Waals surface area contributed by atoms with Crippen molar-refractivity contribution in [3.05, 3.63) is 42.0 Å². The normalized spacial score (nSPS) is 10.7. The zero-order valence-corrected chi connectivity index (χ0v) is 10.9. The highest BCUT2D eigenvalue weighted by atomic mass is 16.2. The van der Waals surface area contributed by atoms with Crippen LogP contribution in [0.15, 0.2) is 36.4 Å². The molecule has 0 aliphatic carbocycles. The summed E-state index contributed by atoms with van der Waals surface area (Å²) in [7, 11) is 0. The molecule has 4 nitrogen and oxygen atoms in total. The van der Waals surface area contributed by atoms with Crippen LogP contribution in [0.25, 0.3) is 0 Å². The first kappa shape index (κ1) is 14.0. The van der Waals surface area contributed by atoms with Crippen LogP contribution in [0.3, 0.4) is 0 Å². The quantitative estimate of drug-likeness (QED) is 0.801. The topological polar surface area (TPSA) is 58.2 Å². The number of rotatable bonds is 4. The molecule has 0 atom stereocenters. The molecule has 2 amide bonds. The van der Waals surface area contributed by atoms with Gasteiger partial charge in [-0.25, -0.2) is 0 Å². The molecule has 0 heterocycles. The maximum atomic E-state index is 11.8. The van der Waals surface area contributed by atoms with Crippen molar-refractivity contribution in [2.75, 3.05) is 5.32 Å². The Morgan fingerprint density at radius 3 is 2.61 bits per heavy atom. The maximum Gasteiger partial charge on any atom is 0.251 e. The van der Waals surface area contributed by atoms with Gasteiger partial charge in [-0.3, -0.25) is 9.59 Å². The second-order valence-electron chi connectivity index (χ2n) is 4.20. The Balaban J connectivity index is 2.79.